The second kappa shape index (κ2) is 5.39. The van der Waals surface area contributed by atoms with Gasteiger partial charge in [-0.05, 0) is 37.8 Å². The molecule has 4 heteroatoms. The van der Waals surface area contributed by atoms with E-state index in [2.05, 4.69) is 30.2 Å². The van der Waals surface area contributed by atoms with E-state index in [-0.39, 0.29) is 0 Å². The monoisotopic (exact) mass is 273 g/mol. The lowest BCUT2D eigenvalue weighted by molar-refractivity contribution is 0.691. The second-order valence-electron chi connectivity index (χ2n) is 5.05. The molecule has 0 atom stereocenters. The van der Waals surface area contributed by atoms with Crippen molar-refractivity contribution in [2.24, 2.45) is 0 Å². The normalized spacial score (nSPS) is 14.8. The van der Waals surface area contributed by atoms with Gasteiger partial charge in [0.2, 0.25) is 0 Å². The van der Waals surface area contributed by atoms with Gasteiger partial charge < -0.3 is 5.32 Å². The molecule has 1 N–H and O–H groups in total. The molecular formula is C15H19N3S. The van der Waals surface area contributed by atoms with Gasteiger partial charge in [0.15, 0.2) is 0 Å². The molecule has 100 valence electrons. The number of nitrogens with one attached hydrogen (secondary N) is 1. The number of thiazole rings is 1. The van der Waals surface area contributed by atoms with Crippen molar-refractivity contribution in [1.29, 1.82) is 0 Å². The van der Waals surface area contributed by atoms with E-state index in [9.17, 15) is 0 Å². The average Bonchev–Trinajstić information content (AvgIpc) is 3.19. The molecule has 0 spiro atoms. The first-order chi connectivity index (χ1) is 9.28. The van der Waals surface area contributed by atoms with E-state index in [1.165, 1.54) is 23.3 Å². The van der Waals surface area contributed by atoms with Crippen LogP contribution in [0, 0.1) is 6.92 Å². The molecule has 2 aromatic rings. The van der Waals surface area contributed by atoms with Crippen molar-refractivity contribution in [3.05, 3.63) is 34.5 Å². The van der Waals surface area contributed by atoms with Crippen molar-refractivity contribution in [1.82, 2.24) is 15.3 Å². The van der Waals surface area contributed by atoms with Crippen LogP contribution in [0.2, 0.25) is 0 Å². The van der Waals surface area contributed by atoms with E-state index in [0.717, 1.165) is 35.4 Å². The van der Waals surface area contributed by atoms with Crippen molar-refractivity contribution in [2.75, 3.05) is 0 Å². The summed E-state index contributed by atoms with van der Waals surface area (Å²) in [5.74, 6) is 0. The number of aromatic nitrogens is 2. The fraction of sp³-hybridized carbons (Fsp3) is 0.467. The number of hydrogen-bond acceptors (Lipinski definition) is 4. The molecule has 1 aliphatic rings. The first-order valence-electron chi connectivity index (χ1n) is 6.92. The minimum atomic E-state index is 0.742. The van der Waals surface area contributed by atoms with Gasteiger partial charge in [0.05, 0.1) is 5.69 Å². The van der Waals surface area contributed by atoms with Crippen molar-refractivity contribution in [3.8, 4) is 10.7 Å². The zero-order valence-corrected chi connectivity index (χ0v) is 12.3. The Morgan fingerprint density at radius 1 is 1.42 bits per heavy atom. The van der Waals surface area contributed by atoms with Crippen molar-refractivity contribution < 1.29 is 0 Å². The van der Waals surface area contributed by atoms with Crippen LogP contribution in [0.1, 0.15) is 35.9 Å². The molecule has 3 rings (SSSR count). The molecule has 1 saturated carbocycles. The quantitative estimate of drug-likeness (QED) is 0.908. The van der Waals surface area contributed by atoms with Crippen molar-refractivity contribution in [3.63, 3.8) is 0 Å². The SMILES string of the molecule is CCc1cccnc1-c1nc(C)c(CNC2CC2)s1. The van der Waals surface area contributed by atoms with Crippen LogP contribution >= 0.6 is 11.3 Å². The summed E-state index contributed by atoms with van der Waals surface area (Å²) in [6, 6.07) is 4.88. The van der Waals surface area contributed by atoms with Crippen LogP contribution in [0.5, 0.6) is 0 Å². The van der Waals surface area contributed by atoms with Gasteiger partial charge in [0.25, 0.3) is 0 Å². The van der Waals surface area contributed by atoms with E-state index >= 15 is 0 Å². The molecule has 19 heavy (non-hydrogen) atoms. The summed E-state index contributed by atoms with van der Waals surface area (Å²) in [4.78, 5) is 10.6. The van der Waals surface area contributed by atoms with Crippen LogP contribution in [-0.2, 0) is 13.0 Å². The zero-order valence-electron chi connectivity index (χ0n) is 11.4. The van der Waals surface area contributed by atoms with Crippen LogP contribution in [0.25, 0.3) is 10.7 Å². The highest BCUT2D eigenvalue weighted by Gasteiger charge is 2.21. The molecule has 1 aliphatic carbocycles. The van der Waals surface area contributed by atoms with Gasteiger partial charge in [-0.15, -0.1) is 11.3 Å². The number of hydrogen-bond donors (Lipinski definition) is 1. The average molecular weight is 273 g/mol. The van der Waals surface area contributed by atoms with Crippen LogP contribution in [-0.4, -0.2) is 16.0 Å². The molecule has 1 fully saturated rings. The molecular weight excluding hydrogens is 254 g/mol. The maximum absolute atomic E-state index is 4.70. The molecule has 2 heterocycles. The van der Waals surface area contributed by atoms with Crippen LogP contribution in [0.4, 0.5) is 0 Å². The fourth-order valence-corrected chi connectivity index (χ4v) is 3.18. The second-order valence-corrected chi connectivity index (χ2v) is 6.13. The summed E-state index contributed by atoms with van der Waals surface area (Å²) < 4.78 is 0. The van der Waals surface area contributed by atoms with Crippen molar-refractivity contribution in [2.45, 2.75) is 45.7 Å². The van der Waals surface area contributed by atoms with Crippen LogP contribution in [0.15, 0.2) is 18.3 Å². The van der Waals surface area contributed by atoms with Gasteiger partial charge in [-0.1, -0.05) is 13.0 Å². The van der Waals surface area contributed by atoms with Crippen molar-refractivity contribution >= 4 is 11.3 Å². The maximum atomic E-state index is 4.70. The minimum Gasteiger partial charge on any atom is -0.309 e. The summed E-state index contributed by atoms with van der Waals surface area (Å²) >= 11 is 1.78. The Bertz CT molecular complexity index is 573. The molecule has 0 bridgehead atoms. The first kappa shape index (κ1) is 12.8. The highest BCUT2D eigenvalue weighted by Crippen LogP contribution is 2.29. The summed E-state index contributed by atoms with van der Waals surface area (Å²) in [6.07, 6.45) is 5.50. The Morgan fingerprint density at radius 3 is 3.00 bits per heavy atom. The molecule has 0 aromatic carbocycles. The lowest BCUT2D eigenvalue weighted by Gasteiger charge is -2.02. The highest BCUT2D eigenvalue weighted by molar-refractivity contribution is 7.15. The Hall–Kier alpha value is -1.26. The van der Waals surface area contributed by atoms with Gasteiger partial charge in [0.1, 0.15) is 10.7 Å². The zero-order chi connectivity index (χ0) is 13.2. The predicted molar refractivity (Wildman–Crippen MR) is 79.3 cm³/mol. The highest BCUT2D eigenvalue weighted by atomic mass is 32.1. The lowest BCUT2D eigenvalue weighted by Crippen LogP contribution is -2.14. The summed E-state index contributed by atoms with van der Waals surface area (Å²) in [6.45, 7) is 5.21. The predicted octanol–water partition coefficient (Wildman–Crippen LogP) is 3.33. The Morgan fingerprint density at radius 2 is 2.26 bits per heavy atom. The summed E-state index contributed by atoms with van der Waals surface area (Å²) in [5.41, 5.74) is 3.47. The van der Waals surface area contributed by atoms with E-state index in [1.54, 1.807) is 11.3 Å². The Kier molecular flexibility index (Phi) is 3.62. The summed E-state index contributed by atoms with van der Waals surface area (Å²) in [7, 11) is 0. The lowest BCUT2D eigenvalue weighted by atomic mass is 10.1. The van der Waals surface area contributed by atoms with Gasteiger partial charge in [-0.2, -0.15) is 0 Å². The molecule has 2 aromatic heterocycles. The third kappa shape index (κ3) is 2.85. The fourth-order valence-electron chi connectivity index (χ4n) is 2.13. The largest absolute Gasteiger partial charge is 0.309 e. The van der Waals surface area contributed by atoms with Gasteiger partial charge in [-0.3, -0.25) is 4.98 Å². The molecule has 0 aliphatic heterocycles. The van der Waals surface area contributed by atoms with Gasteiger partial charge in [-0.25, -0.2) is 4.98 Å². The van der Waals surface area contributed by atoms with E-state index in [1.807, 2.05) is 12.3 Å². The molecule has 0 unspecified atom stereocenters. The summed E-state index contributed by atoms with van der Waals surface area (Å²) in [5, 5.41) is 4.62. The minimum absolute atomic E-state index is 0.742. The van der Waals surface area contributed by atoms with Gasteiger partial charge >= 0.3 is 0 Å². The first-order valence-corrected chi connectivity index (χ1v) is 7.73. The Labute approximate surface area is 118 Å². The number of aryl methyl sites for hydroxylation is 2. The topological polar surface area (TPSA) is 37.8 Å². The Balaban J connectivity index is 1.85. The van der Waals surface area contributed by atoms with Crippen LogP contribution < -0.4 is 5.32 Å². The third-order valence-corrected chi connectivity index (χ3v) is 4.66. The van der Waals surface area contributed by atoms with Gasteiger partial charge in [0, 0.05) is 23.7 Å². The third-order valence-electron chi connectivity index (χ3n) is 3.50. The van der Waals surface area contributed by atoms with E-state index in [4.69, 9.17) is 4.98 Å². The molecule has 0 saturated heterocycles. The number of rotatable bonds is 5. The van der Waals surface area contributed by atoms with Crippen LogP contribution in [0.3, 0.4) is 0 Å². The standard InChI is InChI=1S/C15H19N3S/c1-3-11-5-4-8-16-14(11)15-18-10(2)13(19-15)9-17-12-6-7-12/h4-5,8,12,17H,3,6-7,9H2,1-2H3. The molecule has 3 nitrogen and oxygen atoms in total. The van der Waals surface area contributed by atoms with E-state index in [0.29, 0.717) is 0 Å². The number of pyridine rings is 1. The smallest absolute Gasteiger partial charge is 0.142 e. The molecule has 0 amide bonds. The molecule has 0 radical (unpaired) electrons. The van der Waals surface area contributed by atoms with E-state index < -0.39 is 0 Å². The number of nitrogens with zero attached hydrogens (tertiary/aromatic N) is 2. The maximum Gasteiger partial charge on any atom is 0.142 e.